The fourth-order valence-corrected chi connectivity index (χ4v) is 2.34. The lowest BCUT2D eigenvalue weighted by atomic mass is 10.2. The van der Waals surface area contributed by atoms with E-state index < -0.39 is 0 Å². The standard InChI is InChI=1S/C17H19Cl2NO/c1-3-8-20-11-13-5-6-14(10-16(13)19)21-17-9-12(2)4-7-15(17)18/h4-7,9-10,20H,3,8,11H2,1-2H3. The lowest BCUT2D eigenvalue weighted by Crippen LogP contribution is -2.13. The smallest absolute Gasteiger partial charge is 0.146 e. The first-order valence-corrected chi connectivity index (χ1v) is 7.79. The van der Waals surface area contributed by atoms with Crippen molar-refractivity contribution in [1.82, 2.24) is 5.32 Å². The Morgan fingerprint density at radius 2 is 1.86 bits per heavy atom. The average molecular weight is 324 g/mol. The molecule has 0 bridgehead atoms. The predicted octanol–water partition coefficient (Wildman–Crippen LogP) is 5.59. The second-order valence-electron chi connectivity index (χ2n) is 4.97. The van der Waals surface area contributed by atoms with E-state index in [0.717, 1.165) is 30.6 Å². The van der Waals surface area contributed by atoms with Crippen molar-refractivity contribution < 1.29 is 4.74 Å². The van der Waals surface area contributed by atoms with Gasteiger partial charge >= 0.3 is 0 Å². The monoisotopic (exact) mass is 323 g/mol. The third-order valence-corrected chi connectivity index (χ3v) is 3.75. The van der Waals surface area contributed by atoms with Gasteiger partial charge in [0.25, 0.3) is 0 Å². The molecule has 0 fully saturated rings. The van der Waals surface area contributed by atoms with Crippen molar-refractivity contribution in [2.45, 2.75) is 26.8 Å². The van der Waals surface area contributed by atoms with Crippen LogP contribution in [0.1, 0.15) is 24.5 Å². The van der Waals surface area contributed by atoms with E-state index in [9.17, 15) is 0 Å². The van der Waals surface area contributed by atoms with Crippen LogP contribution in [0.2, 0.25) is 10.0 Å². The minimum absolute atomic E-state index is 0.588. The van der Waals surface area contributed by atoms with Gasteiger partial charge in [-0.15, -0.1) is 0 Å². The van der Waals surface area contributed by atoms with E-state index in [4.69, 9.17) is 27.9 Å². The molecular formula is C17H19Cl2NO. The van der Waals surface area contributed by atoms with Crippen molar-refractivity contribution in [3.63, 3.8) is 0 Å². The number of rotatable bonds is 6. The van der Waals surface area contributed by atoms with Gasteiger partial charge in [0, 0.05) is 11.6 Å². The summed E-state index contributed by atoms with van der Waals surface area (Å²) in [6.45, 7) is 5.88. The van der Waals surface area contributed by atoms with Crippen LogP contribution < -0.4 is 10.1 Å². The molecule has 0 aliphatic heterocycles. The highest BCUT2D eigenvalue weighted by atomic mass is 35.5. The molecule has 0 aromatic heterocycles. The molecule has 2 aromatic carbocycles. The fourth-order valence-electron chi connectivity index (χ4n) is 1.95. The number of benzene rings is 2. The molecule has 112 valence electrons. The quantitative estimate of drug-likeness (QED) is 0.699. The summed E-state index contributed by atoms with van der Waals surface area (Å²) in [4.78, 5) is 0. The Morgan fingerprint density at radius 1 is 1.05 bits per heavy atom. The lowest BCUT2D eigenvalue weighted by molar-refractivity contribution is 0.482. The minimum atomic E-state index is 0.588. The minimum Gasteiger partial charge on any atom is -0.456 e. The Labute approximate surface area is 136 Å². The van der Waals surface area contributed by atoms with Crippen LogP contribution in [-0.2, 0) is 6.54 Å². The van der Waals surface area contributed by atoms with Crippen LogP contribution in [0, 0.1) is 6.92 Å². The van der Waals surface area contributed by atoms with Crippen LogP contribution in [0.5, 0.6) is 11.5 Å². The van der Waals surface area contributed by atoms with Gasteiger partial charge in [0.05, 0.1) is 5.02 Å². The average Bonchev–Trinajstić information content (AvgIpc) is 2.45. The maximum atomic E-state index is 6.29. The van der Waals surface area contributed by atoms with Crippen LogP contribution in [-0.4, -0.2) is 6.54 Å². The summed E-state index contributed by atoms with van der Waals surface area (Å²) in [5, 5.41) is 4.61. The zero-order valence-corrected chi connectivity index (χ0v) is 13.8. The summed E-state index contributed by atoms with van der Waals surface area (Å²) < 4.78 is 5.81. The van der Waals surface area contributed by atoms with E-state index in [1.165, 1.54) is 0 Å². The number of aryl methyl sites for hydroxylation is 1. The van der Waals surface area contributed by atoms with Crippen molar-refractivity contribution in [3.8, 4) is 11.5 Å². The molecule has 0 atom stereocenters. The molecule has 4 heteroatoms. The summed E-state index contributed by atoms with van der Waals surface area (Å²) in [6.07, 6.45) is 1.10. The molecule has 2 aromatic rings. The van der Waals surface area contributed by atoms with Gasteiger partial charge in [-0.2, -0.15) is 0 Å². The van der Waals surface area contributed by atoms with Crippen molar-refractivity contribution >= 4 is 23.2 Å². The first kappa shape index (κ1) is 16.2. The molecular weight excluding hydrogens is 305 g/mol. The molecule has 0 spiro atoms. The molecule has 0 aliphatic rings. The highest BCUT2D eigenvalue weighted by molar-refractivity contribution is 6.32. The van der Waals surface area contributed by atoms with E-state index >= 15 is 0 Å². The van der Waals surface area contributed by atoms with Gasteiger partial charge in [-0.05, 0) is 55.3 Å². The topological polar surface area (TPSA) is 21.3 Å². The molecule has 0 aliphatic carbocycles. The summed E-state index contributed by atoms with van der Waals surface area (Å²) in [5.74, 6) is 1.33. The Kier molecular flexibility index (Phi) is 5.92. The highest BCUT2D eigenvalue weighted by Gasteiger charge is 2.06. The molecule has 2 nitrogen and oxygen atoms in total. The highest BCUT2D eigenvalue weighted by Crippen LogP contribution is 2.32. The second-order valence-corrected chi connectivity index (χ2v) is 5.78. The fraction of sp³-hybridized carbons (Fsp3) is 0.294. The van der Waals surface area contributed by atoms with Gasteiger partial charge in [0.1, 0.15) is 11.5 Å². The number of hydrogen-bond acceptors (Lipinski definition) is 2. The summed E-state index contributed by atoms with van der Waals surface area (Å²) in [7, 11) is 0. The van der Waals surface area contributed by atoms with Gasteiger partial charge < -0.3 is 10.1 Å². The largest absolute Gasteiger partial charge is 0.456 e. The molecule has 1 N–H and O–H groups in total. The normalized spacial score (nSPS) is 10.7. The molecule has 0 amide bonds. The van der Waals surface area contributed by atoms with Gasteiger partial charge in [-0.25, -0.2) is 0 Å². The molecule has 0 unspecified atom stereocenters. The number of hydrogen-bond donors (Lipinski definition) is 1. The summed E-state index contributed by atoms with van der Waals surface area (Å²) >= 11 is 12.4. The number of ether oxygens (including phenoxy) is 1. The van der Waals surface area contributed by atoms with Crippen molar-refractivity contribution in [1.29, 1.82) is 0 Å². The Bertz CT molecular complexity index is 614. The zero-order valence-electron chi connectivity index (χ0n) is 12.2. The molecule has 0 saturated heterocycles. The Morgan fingerprint density at radius 3 is 2.57 bits per heavy atom. The second kappa shape index (κ2) is 7.69. The maximum absolute atomic E-state index is 6.29. The molecule has 0 saturated carbocycles. The first-order chi connectivity index (χ1) is 10.1. The van der Waals surface area contributed by atoms with Crippen molar-refractivity contribution in [3.05, 3.63) is 57.6 Å². The van der Waals surface area contributed by atoms with Gasteiger partial charge in [0.2, 0.25) is 0 Å². The van der Waals surface area contributed by atoms with E-state index in [-0.39, 0.29) is 0 Å². The third kappa shape index (κ3) is 4.63. The van der Waals surface area contributed by atoms with Crippen LogP contribution in [0.25, 0.3) is 0 Å². The van der Waals surface area contributed by atoms with Crippen LogP contribution in [0.15, 0.2) is 36.4 Å². The van der Waals surface area contributed by atoms with E-state index in [2.05, 4.69) is 12.2 Å². The van der Waals surface area contributed by atoms with Crippen molar-refractivity contribution in [2.24, 2.45) is 0 Å². The van der Waals surface area contributed by atoms with Gasteiger partial charge in [-0.3, -0.25) is 0 Å². The summed E-state index contributed by atoms with van der Waals surface area (Å²) in [6, 6.07) is 11.4. The number of nitrogens with one attached hydrogen (secondary N) is 1. The Hall–Kier alpha value is -1.22. The number of halogens is 2. The molecule has 21 heavy (non-hydrogen) atoms. The maximum Gasteiger partial charge on any atom is 0.146 e. The Balaban J connectivity index is 2.11. The SMILES string of the molecule is CCCNCc1ccc(Oc2cc(C)ccc2Cl)cc1Cl. The predicted molar refractivity (Wildman–Crippen MR) is 89.7 cm³/mol. The molecule has 0 heterocycles. The zero-order chi connectivity index (χ0) is 15.2. The third-order valence-electron chi connectivity index (χ3n) is 3.08. The van der Waals surface area contributed by atoms with E-state index in [1.807, 2.05) is 43.3 Å². The van der Waals surface area contributed by atoms with E-state index in [0.29, 0.717) is 21.5 Å². The van der Waals surface area contributed by atoms with Crippen LogP contribution >= 0.6 is 23.2 Å². The van der Waals surface area contributed by atoms with Crippen LogP contribution in [0.4, 0.5) is 0 Å². The van der Waals surface area contributed by atoms with Crippen LogP contribution in [0.3, 0.4) is 0 Å². The van der Waals surface area contributed by atoms with Gasteiger partial charge in [-0.1, -0.05) is 42.3 Å². The lowest BCUT2D eigenvalue weighted by Gasteiger charge is -2.11. The molecule has 0 radical (unpaired) electrons. The molecule has 2 rings (SSSR count). The van der Waals surface area contributed by atoms with E-state index in [1.54, 1.807) is 0 Å². The van der Waals surface area contributed by atoms with Gasteiger partial charge in [0.15, 0.2) is 0 Å². The first-order valence-electron chi connectivity index (χ1n) is 7.03. The summed E-state index contributed by atoms with van der Waals surface area (Å²) in [5.41, 5.74) is 2.16. The van der Waals surface area contributed by atoms with Crippen molar-refractivity contribution in [2.75, 3.05) is 6.54 Å².